The van der Waals surface area contributed by atoms with Gasteiger partial charge in [0, 0.05) is 24.3 Å². The number of carbonyl (C=O) groups excluding carboxylic acids is 2. The zero-order chi connectivity index (χ0) is 16.0. The molecule has 2 amide bonds. The third-order valence-corrected chi connectivity index (χ3v) is 3.47. The fraction of sp³-hybridized carbons (Fsp3) is 0.500. The lowest BCUT2D eigenvalue weighted by atomic mass is 10.0. The first-order valence-electron chi connectivity index (χ1n) is 7.36. The Labute approximate surface area is 126 Å². The Hall–Kier alpha value is -1.88. The molecular weight excluding hydrogens is 266 g/mol. The Morgan fingerprint density at radius 3 is 2.10 bits per heavy atom. The van der Waals surface area contributed by atoms with Crippen LogP contribution in [0.2, 0.25) is 0 Å². The predicted octanol–water partition coefficient (Wildman–Crippen LogP) is 2.09. The summed E-state index contributed by atoms with van der Waals surface area (Å²) in [7, 11) is 0. The Balaban J connectivity index is 2.75. The minimum Gasteiger partial charge on any atom is -0.339 e. The van der Waals surface area contributed by atoms with Crippen molar-refractivity contribution < 1.29 is 9.59 Å². The van der Waals surface area contributed by atoms with E-state index in [1.807, 2.05) is 27.7 Å². The van der Waals surface area contributed by atoms with Crippen molar-refractivity contribution >= 4 is 17.5 Å². The molecule has 0 fully saturated rings. The highest BCUT2D eigenvalue weighted by Gasteiger charge is 2.17. The lowest BCUT2D eigenvalue weighted by Crippen LogP contribution is -2.39. The first-order chi connectivity index (χ1) is 9.90. The Morgan fingerprint density at radius 2 is 1.67 bits per heavy atom. The summed E-state index contributed by atoms with van der Waals surface area (Å²) in [4.78, 5) is 25.8. The van der Waals surface area contributed by atoms with Gasteiger partial charge in [-0.05, 0) is 44.0 Å². The molecule has 0 saturated heterocycles. The summed E-state index contributed by atoms with van der Waals surface area (Å²) in [5.41, 5.74) is 7.05. The molecule has 1 unspecified atom stereocenters. The van der Waals surface area contributed by atoms with Crippen LogP contribution in [0.3, 0.4) is 0 Å². The molecule has 116 valence electrons. The van der Waals surface area contributed by atoms with Crippen LogP contribution in [0.4, 0.5) is 5.69 Å². The second kappa shape index (κ2) is 7.78. The summed E-state index contributed by atoms with van der Waals surface area (Å²) in [5.74, 6) is -0.141. The number of carbonyl (C=O) groups is 2. The van der Waals surface area contributed by atoms with E-state index in [9.17, 15) is 9.59 Å². The highest BCUT2D eigenvalue weighted by molar-refractivity contribution is 5.97. The van der Waals surface area contributed by atoms with E-state index in [4.69, 9.17) is 5.73 Å². The van der Waals surface area contributed by atoms with Crippen molar-refractivity contribution in [3.8, 4) is 0 Å². The van der Waals surface area contributed by atoms with Crippen LogP contribution in [-0.4, -0.2) is 35.8 Å². The largest absolute Gasteiger partial charge is 0.339 e. The molecule has 0 saturated carbocycles. The average molecular weight is 291 g/mol. The van der Waals surface area contributed by atoms with Crippen LogP contribution in [-0.2, 0) is 4.79 Å². The van der Waals surface area contributed by atoms with Gasteiger partial charge in [-0.2, -0.15) is 0 Å². The molecule has 1 aromatic carbocycles. The van der Waals surface area contributed by atoms with Crippen molar-refractivity contribution in [3.63, 3.8) is 0 Å². The van der Waals surface area contributed by atoms with E-state index in [1.54, 1.807) is 29.2 Å². The number of hydrogen-bond donors (Lipinski definition) is 2. The maximum absolute atomic E-state index is 12.2. The van der Waals surface area contributed by atoms with Crippen LogP contribution >= 0.6 is 0 Å². The highest BCUT2D eigenvalue weighted by atomic mass is 16.2. The third kappa shape index (κ3) is 4.56. The molecule has 1 rings (SSSR count). The molecule has 0 radical (unpaired) electrons. The van der Waals surface area contributed by atoms with Crippen molar-refractivity contribution in [1.29, 1.82) is 0 Å². The minimum absolute atomic E-state index is 0.00300. The number of nitrogens with one attached hydrogen (secondary N) is 1. The average Bonchev–Trinajstić information content (AvgIpc) is 2.48. The lowest BCUT2D eigenvalue weighted by molar-refractivity contribution is -0.118. The summed E-state index contributed by atoms with van der Waals surface area (Å²) in [5, 5.41) is 2.76. The second-order valence-electron chi connectivity index (χ2n) is 5.31. The normalized spacial score (nSPS) is 12.1. The minimum atomic E-state index is -0.540. The van der Waals surface area contributed by atoms with Gasteiger partial charge in [-0.25, -0.2) is 0 Å². The van der Waals surface area contributed by atoms with Crippen molar-refractivity contribution in [3.05, 3.63) is 29.8 Å². The molecule has 0 aliphatic heterocycles. The monoisotopic (exact) mass is 291 g/mol. The molecule has 1 atom stereocenters. The van der Waals surface area contributed by atoms with Crippen LogP contribution in [0, 0.1) is 5.92 Å². The first-order valence-corrected chi connectivity index (χ1v) is 7.36. The third-order valence-electron chi connectivity index (χ3n) is 3.47. The molecule has 5 heteroatoms. The van der Waals surface area contributed by atoms with Crippen LogP contribution in [0.1, 0.15) is 38.1 Å². The number of nitrogens with zero attached hydrogens (tertiary/aromatic N) is 1. The summed E-state index contributed by atoms with van der Waals surface area (Å²) in [6.45, 7) is 9.05. The van der Waals surface area contributed by atoms with E-state index in [1.165, 1.54) is 0 Å². The van der Waals surface area contributed by atoms with Crippen LogP contribution in [0.5, 0.6) is 0 Å². The maximum Gasteiger partial charge on any atom is 0.253 e. The van der Waals surface area contributed by atoms with E-state index < -0.39 is 6.04 Å². The van der Waals surface area contributed by atoms with E-state index in [-0.39, 0.29) is 17.7 Å². The van der Waals surface area contributed by atoms with Gasteiger partial charge in [0.1, 0.15) is 0 Å². The van der Waals surface area contributed by atoms with E-state index >= 15 is 0 Å². The van der Waals surface area contributed by atoms with Crippen molar-refractivity contribution in [2.75, 3.05) is 18.4 Å². The van der Waals surface area contributed by atoms with Gasteiger partial charge in [-0.3, -0.25) is 9.59 Å². The summed E-state index contributed by atoms with van der Waals surface area (Å²) < 4.78 is 0. The van der Waals surface area contributed by atoms with Crippen LogP contribution in [0.25, 0.3) is 0 Å². The maximum atomic E-state index is 12.2. The smallest absolute Gasteiger partial charge is 0.253 e. The molecule has 5 nitrogen and oxygen atoms in total. The lowest BCUT2D eigenvalue weighted by Gasteiger charge is -2.19. The SMILES string of the molecule is CCN(CC)C(=O)c1ccc(NC(=O)C(N)C(C)C)cc1. The number of rotatable bonds is 6. The number of benzene rings is 1. The van der Waals surface area contributed by atoms with E-state index in [0.717, 1.165) is 0 Å². The fourth-order valence-electron chi connectivity index (χ4n) is 1.92. The summed E-state index contributed by atoms with van der Waals surface area (Å²) in [6, 6.07) is 6.35. The molecule has 3 N–H and O–H groups in total. The number of amides is 2. The molecule has 0 aliphatic carbocycles. The zero-order valence-corrected chi connectivity index (χ0v) is 13.2. The number of nitrogens with two attached hydrogens (primary N) is 1. The fourth-order valence-corrected chi connectivity index (χ4v) is 1.92. The molecule has 21 heavy (non-hydrogen) atoms. The molecular formula is C16H25N3O2. The van der Waals surface area contributed by atoms with Gasteiger partial charge in [0.25, 0.3) is 5.91 Å². The van der Waals surface area contributed by atoms with Crippen molar-refractivity contribution in [2.24, 2.45) is 11.7 Å². The van der Waals surface area contributed by atoms with E-state index in [2.05, 4.69) is 5.32 Å². The van der Waals surface area contributed by atoms with Gasteiger partial charge in [-0.15, -0.1) is 0 Å². The van der Waals surface area contributed by atoms with Crippen LogP contribution in [0.15, 0.2) is 24.3 Å². The van der Waals surface area contributed by atoms with Gasteiger partial charge < -0.3 is 16.0 Å². The van der Waals surface area contributed by atoms with Gasteiger partial charge in [0.2, 0.25) is 5.91 Å². The Kier molecular flexibility index (Phi) is 6.37. The number of anilines is 1. The molecule has 0 heterocycles. The molecule has 0 spiro atoms. The number of hydrogen-bond acceptors (Lipinski definition) is 3. The molecule has 1 aromatic rings. The summed E-state index contributed by atoms with van der Waals surface area (Å²) in [6.07, 6.45) is 0. The highest BCUT2D eigenvalue weighted by Crippen LogP contribution is 2.12. The molecule has 0 aliphatic rings. The van der Waals surface area contributed by atoms with Gasteiger partial charge in [0.05, 0.1) is 6.04 Å². The first kappa shape index (κ1) is 17.2. The van der Waals surface area contributed by atoms with Gasteiger partial charge in [-0.1, -0.05) is 13.8 Å². The zero-order valence-electron chi connectivity index (χ0n) is 13.2. The summed E-state index contributed by atoms with van der Waals surface area (Å²) >= 11 is 0. The topological polar surface area (TPSA) is 75.4 Å². The van der Waals surface area contributed by atoms with Gasteiger partial charge in [0.15, 0.2) is 0 Å². The Morgan fingerprint density at radius 1 is 1.14 bits per heavy atom. The van der Waals surface area contributed by atoms with Crippen LogP contribution < -0.4 is 11.1 Å². The Bertz CT molecular complexity index is 479. The van der Waals surface area contributed by atoms with Crippen molar-refractivity contribution in [1.82, 2.24) is 4.90 Å². The molecule has 0 aromatic heterocycles. The quantitative estimate of drug-likeness (QED) is 0.842. The second-order valence-corrected chi connectivity index (χ2v) is 5.31. The predicted molar refractivity (Wildman–Crippen MR) is 85.1 cm³/mol. The van der Waals surface area contributed by atoms with Crippen molar-refractivity contribution in [2.45, 2.75) is 33.7 Å². The van der Waals surface area contributed by atoms with Gasteiger partial charge >= 0.3 is 0 Å². The molecule has 0 bridgehead atoms. The standard InChI is InChI=1S/C16H25N3O2/c1-5-19(6-2)16(21)12-7-9-13(10-8-12)18-15(20)14(17)11(3)4/h7-11,14H,5-6,17H2,1-4H3,(H,18,20). The van der Waals surface area contributed by atoms with E-state index in [0.29, 0.717) is 24.3 Å².